The molecule has 0 aliphatic carbocycles. The summed E-state index contributed by atoms with van der Waals surface area (Å²) in [6.45, 7) is 1.70. The van der Waals surface area contributed by atoms with Crippen LogP contribution >= 0.6 is 0 Å². The summed E-state index contributed by atoms with van der Waals surface area (Å²) in [4.78, 5) is 38.6. The summed E-state index contributed by atoms with van der Waals surface area (Å²) in [5.74, 6) is -0.00726. The maximum Gasteiger partial charge on any atom is 0.259 e. The summed E-state index contributed by atoms with van der Waals surface area (Å²) in [7, 11) is 2.99. The first kappa shape index (κ1) is 21.8. The second kappa shape index (κ2) is 9.00. The summed E-state index contributed by atoms with van der Waals surface area (Å²) in [6, 6.07) is 18.8. The Morgan fingerprint density at radius 3 is 2.36 bits per heavy atom. The lowest BCUT2D eigenvalue weighted by molar-refractivity contribution is 0.0963. The van der Waals surface area contributed by atoms with E-state index in [4.69, 9.17) is 9.15 Å². The molecule has 0 atom stereocenters. The van der Waals surface area contributed by atoms with Crippen LogP contribution in [-0.2, 0) is 0 Å². The first-order valence-corrected chi connectivity index (χ1v) is 10.3. The van der Waals surface area contributed by atoms with Crippen LogP contribution in [0.25, 0.3) is 22.3 Å². The molecule has 0 aliphatic rings. The van der Waals surface area contributed by atoms with Gasteiger partial charge in [0, 0.05) is 18.2 Å². The average molecular weight is 442 g/mol. The van der Waals surface area contributed by atoms with E-state index in [1.165, 1.54) is 20.2 Å². The van der Waals surface area contributed by atoms with Crippen LogP contribution in [0.1, 0.15) is 26.3 Å². The Balaban J connectivity index is 1.83. The first-order valence-electron chi connectivity index (χ1n) is 10.3. The monoisotopic (exact) mass is 442 g/mol. The van der Waals surface area contributed by atoms with E-state index >= 15 is 0 Å². The van der Waals surface area contributed by atoms with Crippen molar-refractivity contribution in [1.82, 2.24) is 5.32 Å². The predicted molar refractivity (Wildman–Crippen MR) is 127 cm³/mol. The van der Waals surface area contributed by atoms with Crippen molar-refractivity contribution >= 4 is 28.5 Å². The highest BCUT2D eigenvalue weighted by Gasteiger charge is 2.20. The number of methoxy groups -OCH3 is 1. The number of anilines is 1. The number of nitrogens with one attached hydrogen (secondary N) is 2. The molecule has 0 radical (unpaired) electrons. The van der Waals surface area contributed by atoms with E-state index in [1.807, 2.05) is 30.3 Å². The normalized spacial score (nSPS) is 10.6. The molecule has 0 unspecified atom stereocenters. The van der Waals surface area contributed by atoms with E-state index in [0.717, 1.165) is 5.56 Å². The molecule has 0 spiro atoms. The third kappa shape index (κ3) is 4.08. The van der Waals surface area contributed by atoms with Crippen molar-refractivity contribution in [2.45, 2.75) is 6.92 Å². The number of hydrogen-bond donors (Lipinski definition) is 2. The van der Waals surface area contributed by atoms with E-state index in [0.29, 0.717) is 28.1 Å². The minimum atomic E-state index is -0.512. The van der Waals surface area contributed by atoms with Gasteiger partial charge in [-0.2, -0.15) is 0 Å². The topological polar surface area (TPSA) is 97.6 Å². The van der Waals surface area contributed by atoms with Crippen LogP contribution in [0, 0.1) is 6.92 Å². The molecule has 0 bridgehead atoms. The molecule has 2 N–H and O–H groups in total. The number of rotatable bonds is 5. The Morgan fingerprint density at radius 2 is 1.67 bits per heavy atom. The van der Waals surface area contributed by atoms with Gasteiger partial charge in [0.15, 0.2) is 11.0 Å². The maximum absolute atomic E-state index is 13.3. The molecule has 4 aromatic rings. The quantitative estimate of drug-likeness (QED) is 0.478. The van der Waals surface area contributed by atoms with Crippen LogP contribution in [0.15, 0.2) is 75.9 Å². The van der Waals surface area contributed by atoms with Gasteiger partial charge in [-0.05, 0) is 37.3 Å². The summed E-state index contributed by atoms with van der Waals surface area (Å²) >= 11 is 0. The van der Waals surface area contributed by atoms with Gasteiger partial charge in [0.2, 0.25) is 0 Å². The van der Waals surface area contributed by atoms with Crippen molar-refractivity contribution < 1.29 is 18.7 Å². The minimum absolute atomic E-state index is 0.180. The Kier molecular flexibility index (Phi) is 5.95. The van der Waals surface area contributed by atoms with E-state index in [9.17, 15) is 14.4 Å². The molecule has 2 amide bonds. The highest BCUT2D eigenvalue weighted by atomic mass is 16.5. The minimum Gasteiger partial charge on any atom is -0.497 e. The number of carbonyl (C=O) groups excluding carboxylic acids is 2. The smallest absolute Gasteiger partial charge is 0.259 e. The molecule has 166 valence electrons. The van der Waals surface area contributed by atoms with Gasteiger partial charge in [0.05, 0.1) is 29.3 Å². The number of carbonyl (C=O) groups is 2. The number of amides is 2. The van der Waals surface area contributed by atoms with Crippen molar-refractivity contribution in [2.24, 2.45) is 0 Å². The fraction of sp³-hybridized carbons (Fsp3) is 0.115. The summed E-state index contributed by atoms with van der Waals surface area (Å²) in [5.41, 5.74) is 1.90. The zero-order chi connectivity index (χ0) is 23.5. The van der Waals surface area contributed by atoms with Crippen LogP contribution < -0.4 is 20.8 Å². The molecule has 33 heavy (non-hydrogen) atoms. The Morgan fingerprint density at radius 1 is 0.909 bits per heavy atom. The fourth-order valence-electron chi connectivity index (χ4n) is 3.62. The van der Waals surface area contributed by atoms with Crippen LogP contribution in [0.4, 0.5) is 5.69 Å². The van der Waals surface area contributed by atoms with Crippen LogP contribution in [0.5, 0.6) is 5.75 Å². The Bertz CT molecular complexity index is 1420. The largest absolute Gasteiger partial charge is 0.497 e. The van der Waals surface area contributed by atoms with Crippen molar-refractivity contribution in [1.29, 1.82) is 0 Å². The third-order valence-corrected chi connectivity index (χ3v) is 5.37. The van der Waals surface area contributed by atoms with Gasteiger partial charge in [0.1, 0.15) is 11.5 Å². The molecule has 7 nitrogen and oxygen atoms in total. The Labute approximate surface area is 190 Å². The number of benzene rings is 3. The lowest BCUT2D eigenvalue weighted by Crippen LogP contribution is -2.22. The predicted octanol–water partition coefficient (Wildman–Crippen LogP) is 4.39. The molecule has 0 saturated heterocycles. The maximum atomic E-state index is 13.3. The van der Waals surface area contributed by atoms with Gasteiger partial charge < -0.3 is 19.8 Å². The van der Waals surface area contributed by atoms with Gasteiger partial charge in [-0.15, -0.1) is 0 Å². The molecule has 7 heteroatoms. The molecular formula is C26H22N2O5. The second-order valence-electron chi connectivity index (χ2n) is 7.38. The fourth-order valence-corrected chi connectivity index (χ4v) is 3.62. The Hall–Kier alpha value is -4.39. The molecule has 1 aromatic heterocycles. The van der Waals surface area contributed by atoms with Gasteiger partial charge in [-0.1, -0.05) is 36.4 Å². The zero-order valence-corrected chi connectivity index (χ0v) is 18.4. The van der Waals surface area contributed by atoms with Crippen molar-refractivity contribution in [3.05, 3.63) is 93.6 Å². The van der Waals surface area contributed by atoms with Gasteiger partial charge in [0.25, 0.3) is 11.8 Å². The second-order valence-corrected chi connectivity index (χ2v) is 7.38. The highest BCUT2D eigenvalue weighted by molar-refractivity contribution is 6.13. The van der Waals surface area contributed by atoms with Crippen LogP contribution in [0.2, 0.25) is 0 Å². The summed E-state index contributed by atoms with van der Waals surface area (Å²) in [5, 5.41) is 5.62. The highest BCUT2D eigenvalue weighted by Crippen LogP contribution is 2.28. The summed E-state index contributed by atoms with van der Waals surface area (Å²) in [6.07, 6.45) is 0. The van der Waals surface area contributed by atoms with Gasteiger partial charge >= 0.3 is 0 Å². The molecule has 3 aromatic carbocycles. The van der Waals surface area contributed by atoms with E-state index in [-0.39, 0.29) is 28.0 Å². The van der Waals surface area contributed by atoms with Crippen molar-refractivity contribution in [3.8, 4) is 17.1 Å². The molecule has 0 fully saturated rings. The number of fused-ring (bicyclic) bond motifs is 1. The number of ether oxygens (including phenoxy) is 1. The number of para-hydroxylation sites is 1. The van der Waals surface area contributed by atoms with E-state index in [2.05, 4.69) is 10.6 Å². The number of hydrogen-bond acceptors (Lipinski definition) is 5. The average Bonchev–Trinajstić information content (AvgIpc) is 2.86. The van der Waals surface area contributed by atoms with E-state index in [1.54, 1.807) is 37.3 Å². The van der Waals surface area contributed by atoms with Crippen LogP contribution in [-0.4, -0.2) is 26.0 Å². The van der Waals surface area contributed by atoms with E-state index < -0.39 is 5.91 Å². The van der Waals surface area contributed by atoms with Crippen molar-refractivity contribution in [2.75, 3.05) is 19.5 Å². The lowest BCUT2D eigenvalue weighted by Gasteiger charge is -2.13. The van der Waals surface area contributed by atoms with Gasteiger partial charge in [-0.3, -0.25) is 14.4 Å². The molecule has 0 saturated carbocycles. The zero-order valence-electron chi connectivity index (χ0n) is 18.4. The standard InChI is InChI=1S/C26H22N2O5/c1-15-22(29)18-10-7-11-19(24(18)33-23(15)16-8-5-4-6-9-16)26(31)28-21-13-12-17(32-3)14-20(21)25(30)27-2/h4-14H,1-3H3,(H,27,30)(H,28,31). The molecule has 0 aliphatic heterocycles. The molecule has 1 heterocycles. The third-order valence-electron chi connectivity index (χ3n) is 5.37. The molecular weight excluding hydrogens is 420 g/mol. The molecule has 4 rings (SSSR count). The van der Waals surface area contributed by atoms with Gasteiger partial charge in [-0.25, -0.2) is 0 Å². The SMILES string of the molecule is CNC(=O)c1cc(OC)ccc1NC(=O)c1cccc2c(=O)c(C)c(-c3ccccc3)oc12. The van der Waals surface area contributed by atoms with Crippen molar-refractivity contribution in [3.63, 3.8) is 0 Å². The lowest BCUT2D eigenvalue weighted by atomic mass is 10.0. The van der Waals surface area contributed by atoms with Crippen LogP contribution in [0.3, 0.4) is 0 Å². The summed E-state index contributed by atoms with van der Waals surface area (Å²) < 4.78 is 11.3. The first-order chi connectivity index (χ1) is 15.9.